The highest BCUT2D eigenvalue weighted by Gasteiger charge is 2.33. The van der Waals surface area contributed by atoms with Crippen LogP contribution in [0.2, 0.25) is 0 Å². The molecule has 1 aliphatic carbocycles. The Morgan fingerprint density at radius 1 is 1.25 bits per heavy atom. The van der Waals surface area contributed by atoms with E-state index in [-0.39, 0.29) is 22.0 Å². The molecule has 1 aliphatic rings. The normalized spacial score (nSPS) is 15.1. The number of carbonyl (C=O) groups excluding carboxylic acids is 2. The van der Waals surface area contributed by atoms with Gasteiger partial charge in [0, 0.05) is 22.6 Å². The number of non-ortho nitro benzene ring substituents is 1. The van der Waals surface area contributed by atoms with Gasteiger partial charge in [0.25, 0.3) is 17.5 Å². The van der Waals surface area contributed by atoms with Crippen LogP contribution in [-0.4, -0.2) is 21.9 Å². The van der Waals surface area contributed by atoms with E-state index in [0.29, 0.717) is 27.8 Å². The molecule has 4 N–H and O–H groups in total. The minimum Gasteiger partial charge on any atom is -0.451 e. The molecule has 0 unspecified atom stereocenters. The predicted molar refractivity (Wildman–Crippen MR) is 142 cm³/mol. The highest BCUT2D eigenvalue weighted by atomic mass is 32.1. The van der Waals surface area contributed by atoms with Crippen LogP contribution in [-0.2, 0) is 12.8 Å². The van der Waals surface area contributed by atoms with E-state index >= 15 is 0 Å². The van der Waals surface area contributed by atoms with Crippen LogP contribution in [0.5, 0.6) is 0 Å². The van der Waals surface area contributed by atoms with E-state index in [1.54, 1.807) is 12.1 Å². The molecule has 2 amide bonds. The standard InChI is InChI=1S/C25H26N4O5S2/c1-25(2,3)14-7-8-16-19(12-14)36-23(20(16)21(26)30)28-24(35)27-22(31)18-10-9-17(34-18)13-5-4-6-15(11-13)29(32)33/h4-6,9-11,14H,7-8,12H2,1-3H3,(H2,26,30)(H2,27,28,31,35)/t14-/m0/s1. The van der Waals surface area contributed by atoms with Crippen molar-refractivity contribution in [2.24, 2.45) is 17.1 Å². The second-order valence-corrected chi connectivity index (χ2v) is 11.3. The smallest absolute Gasteiger partial charge is 0.293 e. The lowest BCUT2D eigenvalue weighted by atomic mass is 9.72. The molecular formula is C25H26N4O5S2. The van der Waals surface area contributed by atoms with E-state index in [1.165, 1.54) is 35.6 Å². The van der Waals surface area contributed by atoms with Crippen molar-refractivity contribution in [2.75, 3.05) is 5.32 Å². The predicted octanol–water partition coefficient (Wildman–Crippen LogP) is 5.29. The average molecular weight is 527 g/mol. The van der Waals surface area contributed by atoms with Crippen LogP contribution in [0.15, 0.2) is 40.8 Å². The van der Waals surface area contributed by atoms with E-state index in [9.17, 15) is 19.7 Å². The van der Waals surface area contributed by atoms with Gasteiger partial charge >= 0.3 is 0 Å². The summed E-state index contributed by atoms with van der Waals surface area (Å²) < 4.78 is 5.60. The van der Waals surface area contributed by atoms with Crippen LogP contribution in [0.4, 0.5) is 10.7 Å². The Kier molecular flexibility index (Phi) is 6.96. The molecule has 4 rings (SSSR count). The molecule has 2 heterocycles. The number of thiophene rings is 1. The van der Waals surface area contributed by atoms with Gasteiger partial charge in [0.15, 0.2) is 10.9 Å². The van der Waals surface area contributed by atoms with Gasteiger partial charge in [-0.1, -0.05) is 32.9 Å². The number of nitrogens with one attached hydrogen (secondary N) is 2. The summed E-state index contributed by atoms with van der Waals surface area (Å²) in [5.74, 6) is -0.361. The maximum absolute atomic E-state index is 12.7. The van der Waals surface area contributed by atoms with Crippen LogP contribution in [0.1, 0.15) is 58.5 Å². The van der Waals surface area contributed by atoms with Crippen molar-refractivity contribution in [3.05, 3.63) is 68.3 Å². The molecule has 9 nitrogen and oxygen atoms in total. The summed E-state index contributed by atoms with van der Waals surface area (Å²) in [6.07, 6.45) is 2.59. The molecule has 11 heteroatoms. The fraction of sp³-hybridized carbons (Fsp3) is 0.320. The summed E-state index contributed by atoms with van der Waals surface area (Å²) in [6, 6.07) is 8.92. The number of nitrogens with zero attached hydrogens (tertiary/aromatic N) is 1. The van der Waals surface area contributed by atoms with Crippen molar-refractivity contribution >= 4 is 51.2 Å². The molecule has 1 aromatic carbocycles. The van der Waals surface area contributed by atoms with Crippen LogP contribution in [0.3, 0.4) is 0 Å². The average Bonchev–Trinajstić information content (AvgIpc) is 3.43. The van der Waals surface area contributed by atoms with Gasteiger partial charge in [0.05, 0.1) is 10.5 Å². The molecule has 3 aromatic rings. The summed E-state index contributed by atoms with van der Waals surface area (Å²) in [5, 5.41) is 17.1. The quantitative estimate of drug-likeness (QED) is 0.233. The number of thiocarbonyl (C=S) groups is 1. The summed E-state index contributed by atoms with van der Waals surface area (Å²) in [4.78, 5) is 36.6. The molecule has 1 atom stereocenters. The van der Waals surface area contributed by atoms with Gasteiger partial charge in [-0.2, -0.15) is 0 Å². The highest BCUT2D eigenvalue weighted by Crippen LogP contribution is 2.44. The van der Waals surface area contributed by atoms with Crippen molar-refractivity contribution in [2.45, 2.75) is 40.0 Å². The highest BCUT2D eigenvalue weighted by molar-refractivity contribution is 7.80. The third-order valence-electron chi connectivity index (χ3n) is 6.36. The van der Waals surface area contributed by atoms with E-state index in [4.69, 9.17) is 22.4 Å². The van der Waals surface area contributed by atoms with Crippen molar-refractivity contribution in [1.29, 1.82) is 0 Å². The van der Waals surface area contributed by atoms with Crippen molar-refractivity contribution < 1.29 is 18.9 Å². The first-order valence-corrected chi connectivity index (χ1v) is 12.6. The maximum Gasteiger partial charge on any atom is 0.293 e. The monoisotopic (exact) mass is 526 g/mol. The fourth-order valence-electron chi connectivity index (χ4n) is 4.36. The Labute approximate surface area is 217 Å². The SMILES string of the molecule is CC(C)(C)[C@H]1CCc2c(sc(NC(=S)NC(=O)c3ccc(-c4cccc([N+](=O)[O-])c4)o3)c2C(N)=O)C1. The number of nitrogens with two attached hydrogens (primary N) is 1. The van der Waals surface area contributed by atoms with E-state index in [1.807, 2.05) is 0 Å². The van der Waals surface area contributed by atoms with E-state index in [0.717, 1.165) is 29.7 Å². The summed E-state index contributed by atoms with van der Waals surface area (Å²) in [7, 11) is 0. The lowest BCUT2D eigenvalue weighted by molar-refractivity contribution is -0.384. The second-order valence-electron chi connectivity index (χ2n) is 9.76. The first kappa shape index (κ1) is 25.5. The molecule has 0 spiro atoms. The van der Waals surface area contributed by atoms with Crippen LogP contribution < -0.4 is 16.4 Å². The number of hydrogen-bond donors (Lipinski definition) is 3. The first-order chi connectivity index (χ1) is 16.9. The second kappa shape index (κ2) is 9.82. The van der Waals surface area contributed by atoms with Crippen molar-refractivity contribution in [3.8, 4) is 11.3 Å². The number of amides is 2. The van der Waals surface area contributed by atoms with Crippen molar-refractivity contribution in [3.63, 3.8) is 0 Å². The van der Waals surface area contributed by atoms with Crippen LogP contribution >= 0.6 is 23.6 Å². The van der Waals surface area contributed by atoms with E-state index in [2.05, 4.69) is 31.4 Å². The molecule has 2 aromatic heterocycles. The lowest BCUT2D eigenvalue weighted by Gasteiger charge is -2.33. The summed E-state index contributed by atoms with van der Waals surface area (Å²) in [5.41, 5.74) is 7.61. The zero-order valence-corrected chi connectivity index (χ0v) is 21.7. The lowest BCUT2D eigenvalue weighted by Crippen LogP contribution is -2.34. The van der Waals surface area contributed by atoms with Crippen LogP contribution in [0.25, 0.3) is 11.3 Å². The Balaban J connectivity index is 1.48. The van der Waals surface area contributed by atoms with Crippen molar-refractivity contribution in [1.82, 2.24) is 5.32 Å². The van der Waals surface area contributed by atoms with Gasteiger partial charge in [0.1, 0.15) is 10.8 Å². The van der Waals surface area contributed by atoms with Gasteiger partial charge in [-0.25, -0.2) is 0 Å². The number of rotatable bonds is 5. The zero-order valence-electron chi connectivity index (χ0n) is 20.0. The van der Waals surface area contributed by atoms with Gasteiger partial charge < -0.3 is 15.5 Å². The number of fused-ring (bicyclic) bond motifs is 1. The number of hydrogen-bond acceptors (Lipinski definition) is 7. The largest absolute Gasteiger partial charge is 0.451 e. The van der Waals surface area contributed by atoms with Gasteiger partial charge in [-0.05, 0) is 60.5 Å². The molecule has 0 saturated heterocycles. The van der Waals surface area contributed by atoms with Gasteiger partial charge in [-0.15, -0.1) is 11.3 Å². The number of nitro benzene ring substituents is 1. The van der Waals surface area contributed by atoms with E-state index < -0.39 is 16.7 Å². The fourth-order valence-corrected chi connectivity index (χ4v) is 5.96. The van der Waals surface area contributed by atoms with Crippen LogP contribution in [0, 0.1) is 21.4 Å². The topological polar surface area (TPSA) is 140 Å². The molecule has 0 bridgehead atoms. The third kappa shape index (κ3) is 5.31. The number of benzene rings is 1. The molecule has 188 valence electrons. The molecule has 0 radical (unpaired) electrons. The minimum atomic E-state index is -0.598. The molecule has 0 saturated carbocycles. The number of primary amides is 1. The number of nitro groups is 1. The summed E-state index contributed by atoms with van der Waals surface area (Å²) in [6.45, 7) is 6.65. The Morgan fingerprint density at radius 3 is 2.67 bits per heavy atom. The number of carbonyl (C=O) groups is 2. The van der Waals surface area contributed by atoms with Gasteiger partial charge in [-0.3, -0.25) is 25.0 Å². The van der Waals surface area contributed by atoms with Gasteiger partial charge in [0.2, 0.25) is 0 Å². The zero-order chi connectivity index (χ0) is 26.2. The Morgan fingerprint density at radius 2 is 2.00 bits per heavy atom. The maximum atomic E-state index is 12.7. The Bertz CT molecular complexity index is 1370. The number of anilines is 1. The minimum absolute atomic E-state index is 0.00164. The molecular weight excluding hydrogens is 500 g/mol. The first-order valence-electron chi connectivity index (χ1n) is 11.4. The number of furan rings is 1. The molecule has 0 fully saturated rings. The Hall–Kier alpha value is -3.57. The molecule has 36 heavy (non-hydrogen) atoms. The molecule has 0 aliphatic heterocycles. The summed E-state index contributed by atoms with van der Waals surface area (Å²) >= 11 is 6.76. The third-order valence-corrected chi connectivity index (χ3v) is 7.74.